The first-order valence-electron chi connectivity index (χ1n) is 10.8. The van der Waals surface area contributed by atoms with Crippen molar-refractivity contribution in [2.45, 2.75) is 59.4 Å². The summed E-state index contributed by atoms with van der Waals surface area (Å²) >= 11 is 5.69. The topological polar surface area (TPSA) is 41.1 Å². The Balaban J connectivity index is 1.77. The molecule has 0 bridgehead atoms. The van der Waals surface area contributed by atoms with Gasteiger partial charge in [-0.15, -0.1) is 0 Å². The molecule has 0 aliphatic heterocycles. The number of carbonyl (C=O) groups excluding carboxylic acids is 1. The van der Waals surface area contributed by atoms with E-state index >= 15 is 0 Å². The van der Waals surface area contributed by atoms with Crippen LogP contribution in [0.3, 0.4) is 0 Å². The third-order valence-electron chi connectivity index (χ3n) is 5.48. The Morgan fingerprint density at radius 1 is 1.00 bits per heavy atom. The molecule has 0 atom stereocenters. The van der Waals surface area contributed by atoms with E-state index in [9.17, 15) is 4.79 Å². The van der Waals surface area contributed by atoms with Gasteiger partial charge in [0, 0.05) is 24.4 Å². The fraction of sp³-hybridized carbons (Fsp3) is 0.385. The third-order valence-corrected chi connectivity index (χ3v) is 5.79. The number of aryl methyl sites for hydroxylation is 1. The maximum Gasteiger partial charge on any atom is 0.168 e. The van der Waals surface area contributed by atoms with Gasteiger partial charge in [-0.05, 0) is 47.9 Å². The number of allylic oxidation sites excluding steroid dienone is 1. The average molecular weight is 421 g/mol. The molecule has 0 radical (unpaired) electrons. The van der Waals surface area contributed by atoms with Gasteiger partial charge in [-0.3, -0.25) is 4.79 Å². The van der Waals surface area contributed by atoms with Gasteiger partial charge in [0.05, 0.1) is 5.57 Å². The minimum atomic E-state index is -0.0733. The number of rotatable bonds is 8. The van der Waals surface area contributed by atoms with Crippen molar-refractivity contribution in [2.75, 3.05) is 5.32 Å². The van der Waals surface area contributed by atoms with Gasteiger partial charge in [0.15, 0.2) is 5.78 Å². The molecule has 2 aromatic rings. The first kappa shape index (κ1) is 22.2. The molecule has 3 rings (SSSR count). The van der Waals surface area contributed by atoms with Gasteiger partial charge in [0.25, 0.3) is 0 Å². The molecule has 158 valence electrons. The van der Waals surface area contributed by atoms with Crippen molar-refractivity contribution < 1.29 is 4.79 Å². The molecule has 0 unspecified atom stereocenters. The summed E-state index contributed by atoms with van der Waals surface area (Å²) in [5.41, 5.74) is 4.94. The van der Waals surface area contributed by atoms with E-state index in [4.69, 9.17) is 12.2 Å². The number of anilines is 1. The standard InChI is InChI=1S/C26H32N2OS/c1-4-5-9-19-12-14-21(15-13-19)28-25(30)24-22(16-26(2,3)17-23(24)29)27-18-20-10-7-6-8-11-20/h6-8,10-15,27H,4-5,9,16-18H2,1-3H3,(H,28,30). The monoisotopic (exact) mass is 420 g/mol. The minimum Gasteiger partial charge on any atom is -0.384 e. The molecule has 0 spiro atoms. The molecule has 4 heteroatoms. The lowest BCUT2D eigenvalue weighted by Gasteiger charge is -2.33. The molecule has 0 heterocycles. The van der Waals surface area contributed by atoms with E-state index in [0.29, 0.717) is 23.5 Å². The number of ketones is 1. The van der Waals surface area contributed by atoms with Gasteiger partial charge in [-0.25, -0.2) is 0 Å². The third kappa shape index (κ3) is 6.02. The number of hydrogen-bond donors (Lipinski definition) is 2. The Morgan fingerprint density at radius 2 is 1.70 bits per heavy atom. The SMILES string of the molecule is CCCCc1ccc(NC(=S)C2=C(NCc3ccccc3)CC(C)(C)CC2=O)cc1. The smallest absolute Gasteiger partial charge is 0.168 e. The molecule has 0 saturated heterocycles. The summed E-state index contributed by atoms with van der Waals surface area (Å²) in [5, 5.41) is 6.80. The molecule has 0 saturated carbocycles. The maximum atomic E-state index is 13.0. The molecule has 0 aromatic heterocycles. The van der Waals surface area contributed by atoms with Crippen LogP contribution in [0.1, 0.15) is 57.6 Å². The molecular formula is C26H32N2OS. The highest BCUT2D eigenvalue weighted by Gasteiger charge is 2.34. The van der Waals surface area contributed by atoms with Crippen LogP contribution in [0.5, 0.6) is 0 Å². The van der Waals surface area contributed by atoms with Crippen LogP contribution in [0, 0.1) is 5.41 Å². The first-order valence-corrected chi connectivity index (χ1v) is 11.2. The van der Waals surface area contributed by atoms with Crippen molar-refractivity contribution in [2.24, 2.45) is 5.41 Å². The zero-order valence-electron chi connectivity index (χ0n) is 18.3. The number of nitrogens with one attached hydrogen (secondary N) is 2. The lowest BCUT2D eigenvalue weighted by molar-refractivity contribution is -0.117. The summed E-state index contributed by atoms with van der Waals surface area (Å²) in [6.45, 7) is 7.15. The number of thiocarbonyl (C=S) groups is 1. The number of benzene rings is 2. The molecule has 2 N–H and O–H groups in total. The zero-order valence-corrected chi connectivity index (χ0v) is 19.1. The molecular weight excluding hydrogens is 388 g/mol. The molecule has 30 heavy (non-hydrogen) atoms. The second kappa shape index (κ2) is 10.0. The predicted molar refractivity (Wildman–Crippen MR) is 130 cm³/mol. The lowest BCUT2D eigenvalue weighted by Crippen LogP contribution is -2.35. The Morgan fingerprint density at radius 3 is 2.37 bits per heavy atom. The molecule has 0 amide bonds. The van der Waals surface area contributed by atoms with Crippen molar-refractivity contribution >= 4 is 28.7 Å². The highest BCUT2D eigenvalue weighted by atomic mass is 32.1. The van der Waals surface area contributed by atoms with Crippen LogP contribution < -0.4 is 10.6 Å². The highest BCUT2D eigenvalue weighted by molar-refractivity contribution is 7.81. The van der Waals surface area contributed by atoms with E-state index < -0.39 is 0 Å². The van der Waals surface area contributed by atoms with E-state index in [1.54, 1.807) is 0 Å². The number of Topliss-reactive ketones (excluding diaryl/α,β-unsaturated/α-hetero) is 1. The van der Waals surface area contributed by atoms with Crippen LogP contribution in [-0.2, 0) is 17.8 Å². The Kier molecular flexibility index (Phi) is 7.43. The summed E-state index contributed by atoms with van der Waals surface area (Å²) in [5.74, 6) is 0.110. The fourth-order valence-corrected chi connectivity index (χ4v) is 4.22. The van der Waals surface area contributed by atoms with Crippen molar-refractivity contribution in [1.82, 2.24) is 5.32 Å². The summed E-state index contributed by atoms with van der Waals surface area (Å²) in [7, 11) is 0. The number of unbranched alkanes of at least 4 members (excludes halogenated alkanes) is 1. The van der Waals surface area contributed by atoms with Crippen LogP contribution in [0.2, 0.25) is 0 Å². The molecule has 0 fully saturated rings. The minimum absolute atomic E-state index is 0.0733. The number of carbonyl (C=O) groups is 1. The van der Waals surface area contributed by atoms with E-state index in [-0.39, 0.29) is 11.2 Å². The highest BCUT2D eigenvalue weighted by Crippen LogP contribution is 2.36. The van der Waals surface area contributed by atoms with Gasteiger partial charge < -0.3 is 10.6 Å². The van der Waals surface area contributed by atoms with E-state index in [2.05, 4.69) is 55.7 Å². The van der Waals surface area contributed by atoms with E-state index in [1.165, 1.54) is 24.0 Å². The molecule has 3 nitrogen and oxygen atoms in total. The molecule has 1 aliphatic rings. The van der Waals surface area contributed by atoms with Crippen molar-refractivity contribution in [3.63, 3.8) is 0 Å². The summed E-state index contributed by atoms with van der Waals surface area (Å²) in [4.78, 5) is 13.5. The molecule has 2 aromatic carbocycles. The predicted octanol–water partition coefficient (Wildman–Crippen LogP) is 6.20. The van der Waals surface area contributed by atoms with Crippen LogP contribution >= 0.6 is 12.2 Å². The quantitative estimate of drug-likeness (QED) is 0.499. The van der Waals surface area contributed by atoms with Gasteiger partial charge in [0.2, 0.25) is 0 Å². The fourth-order valence-electron chi connectivity index (χ4n) is 3.87. The first-order chi connectivity index (χ1) is 14.4. The largest absolute Gasteiger partial charge is 0.384 e. The Hall–Kier alpha value is -2.46. The van der Waals surface area contributed by atoms with Gasteiger partial charge in [0.1, 0.15) is 4.99 Å². The Labute approximate surface area is 186 Å². The summed E-state index contributed by atoms with van der Waals surface area (Å²) in [6.07, 6.45) is 4.79. The second-order valence-electron chi connectivity index (χ2n) is 8.89. The van der Waals surface area contributed by atoms with E-state index in [1.807, 2.05) is 30.3 Å². The van der Waals surface area contributed by atoms with Gasteiger partial charge >= 0.3 is 0 Å². The maximum absolute atomic E-state index is 13.0. The van der Waals surface area contributed by atoms with E-state index in [0.717, 1.165) is 24.2 Å². The van der Waals surface area contributed by atoms with Gasteiger partial charge in [-0.1, -0.05) is 81.9 Å². The normalized spacial score (nSPS) is 15.8. The van der Waals surface area contributed by atoms with Crippen LogP contribution in [-0.4, -0.2) is 10.8 Å². The number of hydrogen-bond acceptors (Lipinski definition) is 3. The van der Waals surface area contributed by atoms with Crippen molar-refractivity contribution in [3.05, 3.63) is 77.0 Å². The molecule has 1 aliphatic carbocycles. The van der Waals surface area contributed by atoms with Crippen LogP contribution in [0.15, 0.2) is 65.9 Å². The average Bonchev–Trinajstić information content (AvgIpc) is 2.71. The van der Waals surface area contributed by atoms with Crippen LogP contribution in [0.4, 0.5) is 5.69 Å². The zero-order chi connectivity index (χ0) is 21.6. The summed E-state index contributed by atoms with van der Waals surface area (Å²) < 4.78 is 0. The second-order valence-corrected chi connectivity index (χ2v) is 9.30. The Bertz CT molecular complexity index is 914. The lowest BCUT2D eigenvalue weighted by atomic mass is 9.75. The van der Waals surface area contributed by atoms with Crippen molar-refractivity contribution in [3.8, 4) is 0 Å². The van der Waals surface area contributed by atoms with Gasteiger partial charge in [-0.2, -0.15) is 0 Å². The van der Waals surface area contributed by atoms with Crippen LogP contribution in [0.25, 0.3) is 0 Å². The summed E-state index contributed by atoms with van der Waals surface area (Å²) in [6, 6.07) is 18.6. The van der Waals surface area contributed by atoms with Crippen molar-refractivity contribution in [1.29, 1.82) is 0 Å².